The number of ether oxygens (including phenoxy) is 1. The molecule has 52 heavy (non-hydrogen) atoms. The number of ketones is 2. The van der Waals surface area contributed by atoms with Gasteiger partial charge in [-0.25, -0.2) is 9.18 Å². The highest BCUT2D eigenvalue weighted by molar-refractivity contribution is 8.00. The van der Waals surface area contributed by atoms with Crippen LogP contribution in [0, 0.1) is 40.3 Å². The molecule has 2 aromatic rings. The second kappa shape index (κ2) is 13.2. The molecule has 2 amide bonds. The van der Waals surface area contributed by atoms with Crippen LogP contribution in [0.4, 0.5) is 14.9 Å². The number of aromatic nitrogens is 1. The van der Waals surface area contributed by atoms with Crippen molar-refractivity contribution >= 4 is 51.9 Å². The number of anilines is 1. The number of aliphatic hydroxyl groups excluding tert-OH is 1. The maximum absolute atomic E-state index is 15.6. The fourth-order valence-corrected chi connectivity index (χ4v) is 11.4. The van der Waals surface area contributed by atoms with E-state index >= 15 is 4.39 Å². The summed E-state index contributed by atoms with van der Waals surface area (Å²) in [5.41, 5.74) is -0.529. The number of rotatable bonds is 6. The van der Waals surface area contributed by atoms with Crippen LogP contribution in [0.1, 0.15) is 109 Å². The number of aliphatic hydroxyl groups is 1. The van der Waals surface area contributed by atoms with Crippen LogP contribution in [0.3, 0.4) is 0 Å². The Hall–Kier alpha value is -3.25. The molecule has 7 rings (SSSR count). The van der Waals surface area contributed by atoms with Crippen molar-refractivity contribution in [3.8, 4) is 0 Å². The summed E-state index contributed by atoms with van der Waals surface area (Å²) < 4.78 is 23.1. The lowest BCUT2D eigenvalue weighted by atomic mass is 9.45. The minimum Gasteiger partial charge on any atom is -0.445 e. The summed E-state index contributed by atoms with van der Waals surface area (Å²) in [5, 5.41) is 14.5. The molecule has 10 nitrogen and oxygen atoms in total. The standard InChI is InChI=1S/C40H52FN3O7S/c1-21-9-13-40-14-10-31(46)34(40)39(21,5)32(19-38(4,52-6)35(48)22(40)2)51-37(50)42-36(49)24-11-15-43(16-12-24)30-18-29-26(17-28(30)41)33(47)27(23(3)45)20-44(29)25-7-8-25/h17-18,20-22,24-25,32,34-35,48H,7-16,19H2,1-6H3,(H,42,49,50)/t21-,22+,32-,34?,35+,38+,39+,40?/m1/s1. The van der Waals surface area contributed by atoms with Crippen molar-refractivity contribution < 1.29 is 33.4 Å². The number of benzene rings is 1. The van der Waals surface area contributed by atoms with E-state index in [0.717, 1.165) is 32.1 Å². The largest absolute Gasteiger partial charge is 0.445 e. The summed E-state index contributed by atoms with van der Waals surface area (Å²) in [6, 6.07) is 3.06. The number of thioether (sulfide) groups is 1. The van der Waals surface area contributed by atoms with Gasteiger partial charge in [-0.1, -0.05) is 20.8 Å². The van der Waals surface area contributed by atoms with E-state index < -0.39 is 51.5 Å². The smallest absolute Gasteiger partial charge is 0.414 e. The number of pyridine rings is 1. The lowest BCUT2D eigenvalue weighted by molar-refractivity contribution is -0.179. The first-order valence-corrected chi connectivity index (χ1v) is 20.2. The molecule has 1 aliphatic heterocycles. The molecule has 0 radical (unpaired) electrons. The van der Waals surface area contributed by atoms with Crippen LogP contribution in [0.25, 0.3) is 10.9 Å². The summed E-state index contributed by atoms with van der Waals surface area (Å²) in [7, 11) is 0. The van der Waals surface area contributed by atoms with Crippen LogP contribution in [-0.2, 0) is 14.3 Å². The van der Waals surface area contributed by atoms with E-state index in [1.807, 2.05) is 22.6 Å². The van der Waals surface area contributed by atoms with E-state index in [1.54, 1.807) is 24.0 Å². The number of imide groups is 1. The van der Waals surface area contributed by atoms with Crippen molar-refractivity contribution in [2.45, 2.75) is 115 Å². The third-order valence-corrected chi connectivity index (χ3v) is 15.7. The quantitative estimate of drug-likeness (QED) is 0.321. The topological polar surface area (TPSA) is 135 Å². The molecular formula is C40H52FN3O7S. The van der Waals surface area contributed by atoms with Crippen molar-refractivity contribution in [1.82, 2.24) is 9.88 Å². The van der Waals surface area contributed by atoms with Crippen LogP contribution < -0.4 is 15.6 Å². The maximum atomic E-state index is 15.6. The number of amides is 2. The predicted molar refractivity (Wildman–Crippen MR) is 198 cm³/mol. The molecule has 8 atom stereocenters. The second-order valence-electron chi connectivity index (χ2n) is 16.9. The third-order valence-electron chi connectivity index (χ3n) is 14.3. The molecule has 282 valence electrons. The molecule has 1 aromatic heterocycles. The van der Waals surface area contributed by atoms with Gasteiger partial charge in [-0.3, -0.25) is 24.5 Å². The highest BCUT2D eigenvalue weighted by Gasteiger charge is 2.68. The number of halogens is 1. The number of carbonyl (C=O) groups is 4. The molecule has 5 fully saturated rings. The minimum absolute atomic E-state index is 0.0550. The molecule has 2 N–H and O–H groups in total. The SMILES string of the molecule is CS[C@@]1(C)C[C@@H](OC(=O)NC(=O)C2CCN(c3cc4c(cc3F)c(=O)c(C(C)=O)cn4C3CC3)CC2)[C@@]2(C)C3C(=O)CCC3(CC[C@H]2C)[C@@H](C)[C@@H]1O. The summed E-state index contributed by atoms with van der Waals surface area (Å²) in [5.74, 6) is -2.05. The van der Waals surface area contributed by atoms with Gasteiger partial charge in [0.25, 0.3) is 0 Å². The Morgan fingerprint density at radius 2 is 1.73 bits per heavy atom. The normalized spacial score (nSPS) is 35.1. The molecule has 4 saturated carbocycles. The molecule has 2 unspecified atom stereocenters. The summed E-state index contributed by atoms with van der Waals surface area (Å²) in [6.45, 7) is 10.4. The van der Waals surface area contributed by atoms with Crippen molar-refractivity contribution in [2.24, 2.45) is 34.5 Å². The summed E-state index contributed by atoms with van der Waals surface area (Å²) in [6.07, 6.45) is 7.14. The van der Waals surface area contributed by atoms with Gasteiger partial charge in [0.1, 0.15) is 17.7 Å². The average Bonchev–Trinajstić information content (AvgIpc) is 3.90. The Morgan fingerprint density at radius 1 is 1.04 bits per heavy atom. The van der Waals surface area contributed by atoms with Gasteiger partial charge in [0, 0.05) is 65.6 Å². The van der Waals surface area contributed by atoms with Crippen LogP contribution in [0.2, 0.25) is 0 Å². The molecule has 1 saturated heterocycles. The van der Waals surface area contributed by atoms with Gasteiger partial charge in [-0.2, -0.15) is 11.8 Å². The number of alkyl carbamates (subject to hydrolysis) is 1. The van der Waals surface area contributed by atoms with E-state index in [9.17, 15) is 29.1 Å². The molecule has 0 spiro atoms. The monoisotopic (exact) mass is 737 g/mol. The first kappa shape index (κ1) is 37.1. The number of fused-ring (bicyclic) bond motifs is 1. The third kappa shape index (κ3) is 5.81. The average molecular weight is 738 g/mol. The molecule has 12 heteroatoms. The Labute approximate surface area is 308 Å². The van der Waals surface area contributed by atoms with Crippen molar-refractivity contribution in [3.63, 3.8) is 0 Å². The Kier molecular flexibility index (Phi) is 9.45. The van der Waals surface area contributed by atoms with Gasteiger partial charge in [0.05, 0.1) is 22.9 Å². The Balaban J connectivity index is 1.07. The van der Waals surface area contributed by atoms with Gasteiger partial charge in [-0.05, 0) is 94.4 Å². The lowest BCUT2D eigenvalue weighted by Gasteiger charge is -2.61. The number of hydrogen-bond acceptors (Lipinski definition) is 9. The van der Waals surface area contributed by atoms with E-state index in [1.165, 1.54) is 13.0 Å². The molecule has 2 heterocycles. The van der Waals surface area contributed by atoms with E-state index in [4.69, 9.17) is 4.74 Å². The number of Topliss-reactive ketones (excluding diaryl/α,β-unsaturated/α-hetero) is 2. The highest BCUT2D eigenvalue weighted by atomic mass is 32.2. The first-order valence-electron chi connectivity index (χ1n) is 19.0. The molecular weight excluding hydrogens is 686 g/mol. The molecule has 2 bridgehead atoms. The van der Waals surface area contributed by atoms with Crippen LogP contribution in [0.5, 0.6) is 0 Å². The maximum Gasteiger partial charge on any atom is 0.414 e. The van der Waals surface area contributed by atoms with E-state index in [0.29, 0.717) is 50.0 Å². The summed E-state index contributed by atoms with van der Waals surface area (Å²) >= 11 is 1.55. The van der Waals surface area contributed by atoms with Crippen LogP contribution in [0.15, 0.2) is 23.1 Å². The zero-order chi connectivity index (χ0) is 37.5. The van der Waals surface area contributed by atoms with Crippen molar-refractivity contribution in [2.75, 3.05) is 24.2 Å². The predicted octanol–water partition coefficient (Wildman–Crippen LogP) is 6.44. The van der Waals surface area contributed by atoms with Gasteiger partial charge in [-0.15, -0.1) is 0 Å². The fraction of sp³-hybridized carbons (Fsp3) is 0.675. The second-order valence-corrected chi connectivity index (χ2v) is 18.3. The number of nitrogens with zero attached hydrogens (tertiary/aromatic N) is 2. The zero-order valence-electron chi connectivity index (χ0n) is 31.1. The molecule has 4 aliphatic carbocycles. The van der Waals surface area contributed by atoms with Gasteiger partial charge < -0.3 is 19.3 Å². The lowest BCUT2D eigenvalue weighted by Crippen LogP contribution is -2.64. The van der Waals surface area contributed by atoms with Crippen molar-refractivity contribution in [1.29, 1.82) is 0 Å². The van der Waals surface area contributed by atoms with Crippen LogP contribution in [-0.4, -0.2) is 69.5 Å². The van der Waals surface area contributed by atoms with Gasteiger partial charge >= 0.3 is 6.09 Å². The zero-order valence-corrected chi connectivity index (χ0v) is 31.9. The minimum atomic E-state index is -0.845. The van der Waals surface area contributed by atoms with E-state index in [2.05, 4.69) is 26.1 Å². The highest BCUT2D eigenvalue weighted by Crippen LogP contribution is 2.67. The number of hydrogen-bond donors (Lipinski definition) is 2. The van der Waals surface area contributed by atoms with Gasteiger partial charge in [0.15, 0.2) is 11.2 Å². The van der Waals surface area contributed by atoms with Crippen LogP contribution >= 0.6 is 11.8 Å². The number of nitrogens with one attached hydrogen (secondary N) is 1. The number of carbonyl (C=O) groups excluding carboxylic acids is 4. The Morgan fingerprint density at radius 3 is 2.37 bits per heavy atom. The molecule has 1 aromatic carbocycles. The van der Waals surface area contributed by atoms with E-state index in [-0.39, 0.29) is 51.7 Å². The van der Waals surface area contributed by atoms with Crippen molar-refractivity contribution in [3.05, 3.63) is 39.9 Å². The number of piperidine rings is 1. The first-order chi connectivity index (χ1) is 24.6. The van der Waals surface area contributed by atoms with Gasteiger partial charge in [0.2, 0.25) is 5.91 Å². The fourth-order valence-electron chi connectivity index (χ4n) is 10.7. The molecule has 5 aliphatic rings. The summed E-state index contributed by atoms with van der Waals surface area (Å²) in [4.78, 5) is 67.9. The Bertz CT molecular complexity index is 1890.